The molecule has 2 heterocycles. The van der Waals surface area contributed by atoms with E-state index in [2.05, 4.69) is 39.2 Å². The Hall–Kier alpha value is -3.06. The monoisotopic (exact) mass is 392 g/mol. The second kappa shape index (κ2) is 7.90. The first-order valence-corrected chi connectivity index (χ1v) is 10.0. The molecule has 0 fully saturated rings. The Bertz CT molecular complexity index is 1130. The summed E-state index contributed by atoms with van der Waals surface area (Å²) in [6.07, 6.45) is 2.06. The summed E-state index contributed by atoms with van der Waals surface area (Å²) in [6.45, 7) is 4.79. The van der Waals surface area contributed by atoms with Gasteiger partial charge in [0.25, 0.3) is 5.91 Å². The van der Waals surface area contributed by atoms with Gasteiger partial charge in [0.05, 0.1) is 11.3 Å². The lowest BCUT2D eigenvalue weighted by Gasteiger charge is -2.10. The van der Waals surface area contributed by atoms with Crippen LogP contribution >= 0.6 is 11.8 Å². The molecule has 6 nitrogen and oxygen atoms in total. The predicted molar refractivity (Wildman–Crippen MR) is 111 cm³/mol. The van der Waals surface area contributed by atoms with E-state index in [1.807, 2.05) is 42.5 Å². The number of hydrogen-bond donors (Lipinski definition) is 1. The number of nitrogens with one attached hydrogen (secondary N) is 1. The van der Waals surface area contributed by atoms with Crippen LogP contribution in [0.15, 0.2) is 64.1 Å². The minimum atomic E-state index is -0.137. The highest BCUT2D eigenvalue weighted by Crippen LogP contribution is 2.27. The summed E-state index contributed by atoms with van der Waals surface area (Å²) < 4.78 is 7.17. The van der Waals surface area contributed by atoms with Crippen LogP contribution in [0, 0.1) is 6.92 Å². The Morgan fingerprint density at radius 1 is 1.21 bits per heavy atom. The van der Waals surface area contributed by atoms with Crippen molar-refractivity contribution in [1.82, 2.24) is 14.7 Å². The Morgan fingerprint density at radius 2 is 2.07 bits per heavy atom. The predicted octanol–water partition coefficient (Wildman–Crippen LogP) is 4.90. The smallest absolute Gasteiger partial charge is 0.256 e. The quantitative estimate of drug-likeness (QED) is 0.473. The van der Waals surface area contributed by atoms with Crippen molar-refractivity contribution in [3.63, 3.8) is 0 Å². The summed E-state index contributed by atoms with van der Waals surface area (Å²) in [5.41, 5.74) is 2.56. The van der Waals surface area contributed by atoms with E-state index in [1.165, 1.54) is 11.8 Å². The molecule has 2 aromatic carbocycles. The standard InChI is InChI=1S/C21H20N4O2S/c1-3-25-11-10-15-12-16(8-9-18(15)25)23-21(26)17-6-4-5-7-19(17)28-13-20-22-14(2)27-24-20/h4-12H,3,13H2,1-2H3,(H,23,26). The first-order chi connectivity index (χ1) is 13.6. The molecule has 1 N–H and O–H groups in total. The van der Waals surface area contributed by atoms with Crippen molar-refractivity contribution in [3.05, 3.63) is 72.0 Å². The number of aryl methyl sites for hydroxylation is 2. The highest BCUT2D eigenvalue weighted by atomic mass is 32.2. The van der Waals surface area contributed by atoms with Gasteiger partial charge in [-0.1, -0.05) is 17.3 Å². The van der Waals surface area contributed by atoms with Crippen LogP contribution in [-0.4, -0.2) is 20.6 Å². The van der Waals surface area contributed by atoms with Crippen molar-refractivity contribution >= 4 is 34.3 Å². The molecule has 7 heteroatoms. The Labute approximate surface area is 166 Å². The summed E-state index contributed by atoms with van der Waals surface area (Å²) in [5.74, 6) is 1.55. The maximum atomic E-state index is 12.9. The lowest BCUT2D eigenvalue weighted by molar-refractivity contribution is 0.102. The molecular formula is C21H20N4O2S. The van der Waals surface area contributed by atoms with E-state index in [4.69, 9.17) is 4.52 Å². The third-order valence-electron chi connectivity index (χ3n) is 4.43. The van der Waals surface area contributed by atoms with Gasteiger partial charge < -0.3 is 14.4 Å². The summed E-state index contributed by atoms with van der Waals surface area (Å²) >= 11 is 1.51. The number of nitrogens with zero attached hydrogens (tertiary/aromatic N) is 3. The number of rotatable bonds is 6. The maximum absolute atomic E-state index is 12.9. The summed E-state index contributed by atoms with van der Waals surface area (Å²) in [4.78, 5) is 17.9. The van der Waals surface area contributed by atoms with Crippen LogP contribution < -0.4 is 5.32 Å². The minimum absolute atomic E-state index is 0.137. The number of anilines is 1. The number of fused-ring (bicyclic) bond motifs is 1. The molecule has 142 valence electrons. The molecule has 0 unspecified atom stereocenters. The number of thioether (sulfide) groups is 1. The molecule has 4 aromatic rings. The maximum Gasteiger partial charge on any atom is 0.256 e. The van der Waals surface area contributed by atoms with Crippen LogP contribution in [-0.2, 0) is 12.3 Å². The van der Waals surface area contributed by atoms with Crippen molar-refractivity contribution in [1.29, 1.82) is 0 Å². The first-order valence-electron chi connectivity index (χ1n) is 9.05. The molecule has 4 rings (SSSR count). The molecule has 0 radical (unpaired) electrons. The lowest BCUT2D eigenvalue weighted by Crippen LogP contribution is -2.13. The highest BCUT2D eigenvalue weighted by molar-refractivity contribution is 7.98. The molecule has 0 aliphatic carbocycles. The number of benzene rings is 2. The average Bonchev–Trinajstić information content (AvgIpc) is 3.31. The molecule has 28 heavy (non-hydrogen) atoms. The normalized spacial score (nSPS) is 11.1. The third-order valence-corrected chi connectivity index (χ3v) is 5.50. The van der Waals surface area contributed by atoms with Gasteiger partial charge in [0.2, 0.25) is 5.89 Å². The van der Waals surface area contributed by atoms with Crippen LogP contribution in [0.25, 0.3) is 10.9 Å². The number of amides is 1. The van der Waals surface area contributed by atoms with Gasteiger partial charge >= 0.3 is 0 Å². The fraction of sp³-hybridized carbons (Fsp3) is 0.190. The third kappa shape index (κ3) is 3.80. The van der Waals surface area contributed by atoms with E-state index in [9.17, 15) is 4.79 Å². The van der Waals surface area contributed by atoms with Gasteiger partial charge in [-0.2, -0.15) is 4.98 Å². The van der Waals surface area contributed by atoms with E-state index < -0.39 is 0 Å². The van der Waals surface area contributed by atoms with Gasteiger partial charge in [0, 0.05) is 41.2 Å². The van der Waals surface area contributed by atoms with Crippen LogP contribution in [0.3, 0.4) is 0 Å². The largest absolute Gasteiger partial charge is 0.348 e. The van der Waals surface area contributed by atoms with Crippen molar-refractivity contribution in [2.24, 2.45) is 0 Å². The van der Waals surface area contributed by atoms with Gasteiger partial charge in [-0.3, -0.25) is 4.79 Å². The van der Waals surface area contributed by atoms with Gasteiger partial charge in [-0.05, 0) is 43.3 Å². The molecule has 0 aliphatic heterocycles. The van der Waals surface area contributed by atoms with Gasteiger partial charge in [-0.15, -0.1) is 11.8 Å². The highest BCUT2D eigenvalue weighted by Gasteiger charge is 2.13. The molecule has 0 aliphatic rings. The van der Waals surface area contributed by atoms with Crippen LogP contribution in [0.5, 0.6) is 0 Å². The fourth-order valence-corrected chi connectivity index (χ4v) is 3.97. The van der Waals surface area contributed by atoms with E-state index in [1.54, 1.807) is 6.92 Å². The van der Waals surface area contributed by atoms with Crippen molar-refractivity contribution in [3.8, 4) is 0 Å². The van der Waals surface area contributed by atoms with Crippen LogP contribution in [0.1, 0.15) is 29.0 Å². The summed E-state index contributed by atoms with van der Waals surface area (Å²) in [7, 11) is 0. The Kier molecular flexibility index (Phi) is 5.16. The summed E-state index contributed by atoms with van der Waals surface area (Å²) in [5, 5.41) is 8.02. The number of carbonyl (C=O) groups is 1. The van der Waals surface area contributed by atoms with Crippen LogP contribution in [0.2, 0.25) is 0 Å². The lowest BCUT2D eigenvalue weighted by atomic mass is 10.2. The Balaban J connectivity index is 1.51. The molecule has 1 amide bonds. The van der Waals surface area contributed by atoms with Gasteiger partial charge in [0.15, 0.2) is 5.82 Å². The number of carbonyl (C=O) groups excluding carboxylic acids is 1. The minimum Gasteiger partial charge on any atom is -0.348 e. The zero-order chi connectivity index (χ0) is 19.5. The molecule has 0 saturated heterocycles. The number of aromatic nitrogens is 3. The van der Waals surface area contributed by atoms with Crippen molar-refractivity contribution in [2.45, 2.75) is 31.0 Å². The van der Waals surface area contributed by atoms with E-state index >= 15 is 0 Å². The molecule has 0 spiro atoms. The van der Waals surface area contributed by atoms with E-state index in [0.29, 0.717) is 23.0 Å². The van der Waals surface area contributed by atoms with E-state index in [-0.39, 0.29) is 5.91 Å². The summed E-state index contributed by atoms with van der Waals surface area (Å²) in [6, 6.07) is 15.6. The van der Waals surface area contributed by atoms with Crippen molar-refractivity contribution in [2.75, 3.05) is 5.32 Å². The zero-order valence-corrected chi connectivity index (χ0v) is 16.5. The van der Waals surface area contributed by atoms with Crippen LogP contribution in [0.4, 0.5) is 5.69 Å². The SMILES string of the molecule is CCn1ccc2cc(NC(=O)c3ccccc3SCc3noc(C)n3)ccc21. The molecule has 0 bridgehead atoms. The second-order valence-corrected chi connectivity index (χ2v) is 7.36. The Morgan fingerprint density at radius 3 is 2.86 bits per heavy atom. The van der Waals surface area contributed by atoms with Crippen molar-refractivity contribution < 1.29 is 9.32 Å². The van der Waals surface area contributed by atoms with Gasteiger partial charge in [-0.25, -0.2) is 0 Å². The molecule has 2 aromatic heterocycles. The fourth-order valence-electron chi connectivity index (χ4n) is 3.07. The van der Waals surface area contributed by atoms with E-state index in [0.717, 1.165) is 28.0 Å². The molecular weight excluding hydrogens is 372 g/mol. The van der Waals surface area contributed by atoms with Gasteiger partial charge in [0.1, 0.15) is 0 Å². The molecule has 0 saturated carbocycles. The topological polar surface area (TPSA) is 73.0 Å². The molecule has 0 atom stereocenters. The average molecular weight is 392 g/mol. The number of hydrogen-bond acceptors (Lipinski definition) is 5. The zero-order valence-electron chi connectivity index (χ0n) is 15.7. The first kappa shape index (κ1) is 18.3. The second-order valence-electron chi connectivity index (χ2n) is 6.34.